The summed E-state index contributed by atoms with van der Waals surface area (Å²) in [6.07, 6.45) is -4.63. The Bertz CT molecular complexity index is 850. The molecule has 1 aliphatic rings. The van der Waals surface area contributed by atoms with E-state index in [0.717, 1.165) is 10.8 Å². The lowest BCUT2D eigenvalue weighted by molar-refractivity contribution is -0.249. The summed E-state index contributed by atoms with van der Waals surface area (Å²) in [6, 6.07) is 12.1. The fraction of sp³-hybridized carbons (Fsp3) is 0.400. The van der Waals surface area contributed by atoms with Crippen LogP contribution in [0.4, 0.5) is 0 Å². The van der Waals surface area contributed by atoms with Crippen LogP contribution in [0.2, 0.25) is 0 Å². The van der Waals surface area contributed by atoms with E-state index in [-0.39, 0.29) is 0 Å². The van der Waals surface area contributed by atoms with E-state index in [9.17, 15) is 19.8 Å². The molecule has 1 saturated heterocycles. The van der Waals surface area contributed by atoms with Crippen molar-refractivity contribution in [1.29, 1.82) is 0 Å². The predicted molar refractivity (Wildman–Crippen MR) is 99.5 cm³/mol. The van der Waals surface area contributed by atoms with E-state index in [2.05, 4.69) is 5.32 Å². The molecular formula is C20H23NO7. The molecule has 1 fully saturated rings. The van der Waals surface area contributed by atoms with Crippen LogP contribution in [0.1, 0.15) is 13.8 Å². The highest BCUT2D eigenvalue weighted by Gasteiger charge is 2.48. The van der Waals surface area contributed by atoms with Gasteiger partial charge in [0.05, 0.1) is 6.61 Å². The molecule has 8 heteroatoms. The number of benzene rings is 2. The van der Waals surface area contributed by atoms with Crippen LogP contribution in [0, 0.1) is 0 Å². The smallest absolute Gasteiger partial charge is 0.303 e. The largest absolute Gasteiger partial charge is 0.462 e. The van der Waals surface area contributed by atoms with Crippen LogP contribution >= 0.6 is 0 Å². The van der Waals surface area contributed by atoms with Crippen molar-refractivity contribution < 1.29 is 34.0 Å². The number of aliphatic hydroxyl groups is 2. The first-order chi connectivity index (χ1) is 13.4. The molecule has 0 bridgehead atoms. The van der Waals surface area contributed by atoms with Crippen LogP contribution in [0.3, 0.4) is 0 Å². The van der Waals surface area contributed by atoms with Crippen molar-refractivity contribution >= 4 is 22.6 Å². The van der Waals surface area contributed by atoms with Gasteiger partial charge in [-0.05, 0) is 11.5 Å². The van der Waals surface area contributed by atoms with Crippen molar-refractivity contribution in [2.24, 2.45) is 0 Å². The van der Waals surface area contributed by atoms with Gasteiger partial charge in [0.1, 0.15) is 24.0 Å². The molecule has 1 amide bonds. The molecule has 1 heterocycles. The van der Waals surface area contributed by atoms with E-state index >= 15 is 0 Å². The molecule has 1 aliphatic heterocycles. The first-order valence-corrected chi connectivity index (χ1v) is 8.94. The molecule has 0 saturated carbocycles. The van der Waals surface area contributed by atoms with Gasteiger partial charge in [0.2, 0.25) is 12.2 Å². The van der Waals surface area contributed by atoms with Crippen molar-refractivity contribution in [3.63, 3.8) is 0 Å². The van der Waals surface area contributed by atoms with Gasteiger partial charge in [-0.25, -0.2) is 0 Å². The van der Waals surface area contributed by atoms with Gasteiger partial charge in [0.15, 0.2) is 6.10 Å². The topological polar surface area (TPSA) is 114 Å². The first-order valence-electron chi connectivity index (χ1n) is 8.94. The van der Waals surface area contributed by atoms with Gasteiger partial charge < -0.3 is 29.7 Å². The zero-order valence-corrected chi connectivity index (χ0v) is 15.6. The Morgan fingerprint density at radius 3 is 2.54 bits per heavy atom. The first kappa shape index (κ1) is 20.1. The van der Waals surface area contributed by atoms with Crippen LogP contribution in [-0.2, 0) is 19.1 Å². The van der Waals surface area contributed by atoms with Crippen LogP contribution in [-0.4, -0.2) is 59.3 Å². The summed E-state index contributed by atoms with van der Waals surface area (Å²) in [5, 5.41) is 24.4. The van der Waals surface area contributed by atoms with Crippen molar-refractivity contribution in [2.45, 2.75) is 44.5 Å². The third-order valence-electron chi connectivity index (χ3n) is 4.52. The molecule has 28 heavy (non-hydrogen) atoms. The third kappa shape index (κ3) is 4.24. The van der Waals surface area contributed by atoms with Gasteiger partial charge in [-0.1, -0.05) is 36.4 Å². The summed E-state index contributed by atoms with van der Waals surface area (Å²) in [5.41, 5.74) is 0. The molecular weight excluding hydrogens is 366 g/mol. The molecule has 0 unspecified atom stereocenters. The Labute approximate surface area is 162 Å². The number of carbonyl (C=O) groups is 2. The molecule has 150 valence electrons. The Morgan fingerprint density at radius 2 is 1.86 bits per heavy atom. The molecule has 2 aromatic rings. The molecule has 2 aromatic carbocycles. The predicted octanol–water partition coefficient (Wildman–Crippen LogP) is 0.733. The van der Waals surface area contributed by atoms with Crippen molar-refractivity contribution in [3.8, 4) is 5.75 Å². The third-order valence-corrected chi connectivity index (χ3v) is 4.52. The van der Waals surface area contributed by atoms with Crippen LogP contribution in [0.15, 0.2) is 42.5 Å². The Balaban J connectivity index is 1.96. The molecule has 3 rings (SSSR count). The van der Waals surface area contributed by atoms with E-state index < -0.39 is 49.1 Å². The number of aliphatic hydroxyl groups excluding tert-OH is 2. The summed E-state index contributed by atoms with van der Waals surface area (Å²) in [5.74, 6) is -0.554. The normalized spacial score (nSPS) is 27.2. The number of amides is 1. The number of esters is 1. The average Bonchev–Trinajstić information content (AvgIpc) is 2.66. The van der Waals surface area contributed by atoms with Gasteiger partial charge >= 0.3 is 5.97 Å². The number of ether oxygens (including phenoxy) is 3. The number of fused-ring (bicyclic) bond motifs is 1. The summed E-state index contributed by atoms with van der Waals surface area (Å²) in [4.78, 5) is 23.3. The zero-order valence-electron chi connectivity index (χ0n) is 15.6. The number of carbonyl (C=O) groups excluding carboxylic acids is 2. The summed E-state index contributed by atoms with van der Waals surface area (Å²) >= 11 is 0. The molecule has 8 nitrogen and oxygen atoms in total. The fourth-order valence-electron chi connectivity index (χ4n) is 3.31. The van der Waals surface area contributed by atoms with Crippen LogP contribution in [0.25, 0.3) is 10.8 Å². The Hall–Kier alpha value is -2.68. The Morgan fingerprint density at radius 1 is 1.14 bits per heavy atom. The quantitative estimate of drug-likeness (QED) is 0.646. The second kappa shape index (κ2) is 8.55. The number of rotatable bonds is 5. The molecule has 0 aromatic heterocycles. The summed E-state index contributed by atoms with van der Waals surface area (Å²) in [7, 11) is 0. The molecule has 5 atom stereocenters. The molecule has 0 spiro atoms. The van der Waals surface area contributed by atoms with E-state index in [1.54, 1.807) is 6.07 Å². The highest BCUT2D eigenvalue weighted by Crippen LogP contribution is 2.30. The van der Waals surface area contributed by atoms with Gasteiger partial charge in [-0.3, -0.25) is 9.59 Å². The molecule has 0 radical (unpaired) electrons. The van der Waals surface area contributed by atoms with E-state index in [1.165, 1.54) is 13.8 Å². The van der Waals surface area contributed by atoms with Gasteiger partial charge in [0.25, 0.3) is 0 Å². The minimum atomic E-state index is -1.34. The standard InChI is InChI=1S/C20H23NO7/c1-11(23)21-17-19(26-12(2)24)18(25)16(10-22)28-20(17)27-15-9-5-7-13-6-3-4-8-14(13)15/h3-9,16-20,22,25H,10H2,1-2H3,(H,21,23)/t16-,17+,18+,19-,20-/m1/s1. The molecule has 3 N–H and O–H groups in total. The van der Waals surface area contributed by atoms with Crippen molar-refractivity contribution in [1.82, 2.24) is 5.32 Å². The maximum Gasteiger partial charge on any atom is 0.303 e. The Kier molecular flexibility index (Phi) is 6.13. The number of hydrogen-bond donors (Lipinski definition) is 3. The lowest BCUT2D eigenvalue weighted by Gasteiger charge is -2.43. The van der Waals surface area contributed by atoms with Crippen molar-refractivity contribution in [3.05, 3.63) is 42.5 Å². The van der Waals surface area contributed by atoms with Crippen LogP contribution in [0.5, 0.6) is 5.75 Å². The fourth-order valence-corrected chi connectivity index (χ4v) is 3.31. The van der Waals surface area contributed by atoms with E-state index in [4.69, 9.17) is 14.2 Å². The average molecular weight is 389 g/mol. The van der Waals surface area contributed by atoms with E-state index in [0.29, 0.717) is 5.75 Å². The highest BCUT2D eigenvalue weighted by atomic mass is 16.7. The summed E-state index contributed by atoms with van der Waals surface area (Å²) < 4.78 is 17.0. The maximum atomic E-state index is 11.7. The summed E-state index contributed by atoms with van der Waals surface area (Å²) in [6.45, 7) is 1.98. The SMILES string of the molecule is CC(=O)N[C@@H]1[C@H](Oc2cccc3ccccc23)O[C@H](CO)[C@H](O)[C@@H]1OC(C)=O. The highest BCUT2D eigenvalue weighted by molar-refractivity contribution is 5.88. The second-order valence-electron chi connectivity index (χ2n) is 6.61. The lowest BCUT2D eigenvalue weighted by Crippen LogP contribution is -2.66. The minimum absolute atomic E-state index is 0.410. The zero-order chi connectivity index (χ0) is 20.3. The van der Waals surface area contributed by atoms with Gasteiger partial charge in [-0.15, -0.1) is 0 Å². The number of hydrogen-bond acceptors (Lipinski definition) is 7. The lowest BCUT2D eigenvalue weighted by atomic mass is 9.96. The van der Waals surface area contributed by atoms with Crippen molar-refractivity contribution in [2.75, 3.05) is 6.61 Å². The second-order valence-corrected chi connectivity index (χ2v) is 6.61. The van der Waals surface area contributed by atoms with E-state index in [1.807, 2.05) is 36.4 Å². The molecule has 0 aliphatic carbocycles. The van der Waals surface area contributed by atoms with Gasteiger partial charge in [-0.2, -0.15) is 0 Å². The monoisotopic (exact) mass is 389 g/mol. The minimum Gasteiger partial charge on any atom is -0.462 e. The number of nitrogens with one attached hydrogen (secondary N) is 1. The van der Waals surface area contributed by atoms with Crippen LogP contribution < -0.4 is 10.1 Å². The maximum absolute atomic E-state index is 11.7. The van der Waals surface area contributed by atoms with Gasteiger partial charge in [0, 0.05) is 19.2 Å².